The second-order valence-electron chi connectivity index (χ2n) is 6.68. The molecule has 27 heavy (non-hydrogen) atoms. The van der Waals surface area contributed by atoms with Crippen LogP contribution in [0.15, 0.2) is 53.6 Å². The fourth-order valence-corrected chi connectivity index (χ4v) is 3.53. The van der Waals surface area contributed by atoms with Gasteiger partial charge in [0.15, 0.2) is 0 Å². The van der Waals surface area contributed by atoms with Crippen LogP contribution in [0.25, 0.3) is 16.6 Å². The van der Waals surface area contributed by atoms with Gasteiger partial charge in [-0.15, -0.1) is 0 Å². The van der Waals surface area contributed by atoms with Crippen LogP contribution in [0.1, 0.15) is 29.6 Å². The molecule has 6 nitrogen and oxygen atoms in total. The molecule has 3 aromatic rings. The van der Waals surface area contributed by atoms with Crippen molar-refractivity contribution in [3.05, 3.63) is 64.7 Å². The number of hydrogen-bond donors (Lipinski definition) is 0. The molecule has 1 aliphatic heterocycles. The summed E-state index contributed by atoms with van der Waals surface area (Å²) in [6.45, 7) is 1.58. The van der Waals surface area contributed by atoms with Gasteiger partial charge in [0.25, 0.3) is 11.5 Å². The molecule has 0 aliphatic carbocycles. The molecule has 0 saturated carbocycles. The van der Waals surface area contributed by atoms with Gasteiger partial charge < -0.3 is 9.64 Å². The first-order valence-electron chi connectivity index (χ1n) is 9.13. The first-order valence-corrected chi connectivity index (χ1v) is 9.13. The van der Waals surface area contributed by atoms with Crippen molar-refractivity contribution in [2.75, 3.05) is 20.2 Å². The van der Waals surface area contributed by atoms with Gasteiger partial charge in [0.05, 0.1) is 23.7 Å². The number of ether oxygens (including phenoxy) is 1. The molecule has 1 saturated heterocycles. The molecule has 4 rings (SSSR count). The van der Waals surface area contributed by atoms with Gasteiger partial charge in [-0.3, -0.25) is 14.2 Å². The summed E-state index contributed by atoms with van der Waals surface area (Å²) in [6.07, 6.45) is 4.74. The summed E-state index contributed by atoms with van der Waals surface area (Å²) in [5.41, 5.74) is 1.54. The number of rotatable bonds is 3. The average molecular weight is 363 g/mol. The minimum atomic E-state index is -0.193. The van der Waals surface area contributed by atoms with Crippen LogP contribution >= 0.6 is 0 Å². The van der Waals surface area contributed by atoms with E-state index in [0.29, 0.717) is 27.9 Å². The Kier molecular flexibility index (Phi) is 4.62. The lowest BCUT2D eigenvalue weighted by Crippen LogP contribution is -2.35. The number of carbonyl (C=O) groups excluding carboxylic acids is 1. The van der Waals surface area contributed by atoms with E-state index in [9.17, 15) is 9.59 Å². The predicted octanol–water partition coefficient (Wildman–Crippen LogP) is 3.02. The topological polar surface area (TPSA) is 64.4 Å². The van der Waals surface area contributed by atoms with E-state index in [1.165, 1.54) is 17.3 Å². The Morgan fingerprint density at radius 2 is 1.85 bits per heavy atom. The third kappa shape index (κ3) is 3.18. The molecule has 0 unspecified atom stereocenters. The van der Waals surface area contributed by atoms with E-state index in [0.717, 1.165) is 25.9 Å². The molecule has 0 N–H and O–H groups in total. The fraction of sp³-hybridized carbons (Fsp3) is 0.286. The normalized spacial score (nSPS) is 14.3. The first kappa shape index (κ1) is 17.3. The number of fused-ring (bicyclic) bond motifs is 1. The Labute approximate surface area is 157 Å². The molecule has 0 bridgehead atoms. The van der Waals surface area contributed by atoms with Crippen molar-refractivity contribution in [1.29, 1.82) is 0 Å². The number of hydrogen-bond acceptors (Lipinski definition) is 4. The molecule has 0 atom stereocenters. The highest BCUT2D eigenvalue weighted by Crippen LogP contribution is 2.21. The van der Waals surface area contributed by atoms with Crippen LogP contribution in [0.2, 0.25) is 0 Å². The van der Waals surface area contributed by atoms with Gasteiger partial charge in [0.1, 0.15) is 12.1 Å². The number of nitrogens with zero attached hydrogens (tertiary/aromatic N) is 3. The van der Waals surface area contributed by atoms with Crippen LogP contribution in [0.4, 0.5) is 0 Å². The van der Waals surface area contributed by atoms with Gasteiger partial charge >= 0.3 is 0 Å². The Balaban J connectivity index is 1.74. The number of benzene rings is 2. The summed E-state index contributed by atoms with van der Waals surface area (Å²) >= 11 is 0. The van der Waals surface area contributed by atoms with E-state index < -0.39 is 0 Å². The van der Waals surface area contributed by atoms with Gasteiger partial charge in [-0.2, -0.15) is 0 Å². The van der Waals surface area contributed by atoms with Crippen molar-refractivity contribution in [3.63, 3.8) is 0 Å². The van der Waals surface area contributed by atoms with Crippen molar-refractivity contribution in [2.24, 2.45) is 0 Å². The maximum absolute atomic E-state index is 13.0. The summed E-state index contributed by atoms with van der Waals surface area (Å²) in [5.74, 6) is 0.602. The fourth-order valence-electron chi connectivity index (χ4n) is 3.53. The van der Waals surface area contributed by atoms with Crippen molar-refractivity contribution in [1.82, 2.24) is 14.5 Å². The number of piperidine rings is 1. The largest absolute Gasteiger partial charge is 0.495 e. The van der Waals surface area contributed by atoms with Gasteiger partial charge in [-0.1, -0.05) is 12.1 Å². The van der Waals surface area contributed by atoms with Gasteiger partial charge in [0, 0.05) is 18.7 Å². The smallest absolute Gasteiger partial charge is 0.265 e. The van der Waals surface area contributed by atoms with Crippen LogP contribution in [0, 0.1) is 0 Å². The maximum atomic E-state index is 13.0. The Bertz CT molecular complexity index is 1050. The summed E-state index contributed by atoms with van der Waals surface area (Å²) in [4.78, 5) is 31.9. The lowest BCUT2D eigenvalue weighted by atomic mass is 10.1. The SMILES string of the molecule is COc1ccccc1-n1cnc2cc(C(=O)N3CCCCC3)ccc2c1=O. The monoisotopic (exact) mass is 363 g/mol. The number of carbonyl (C=O) groups is 1. The van der Waals surface area contributed by atoms with Crippen molar-refractivity contribution in [2.45, 2.75) is 19.3 Å². The molecule has 2 heterocycles. The zero-order valence-corrected chi connectivity index (χ0v) is 15.2. The highest BCUT2D eigenvalue weighted by Gasteiger charge is 2.19. The molecule has 2 aromatic carbocycles. The summed E-state index contributed by atoms with van der Waals surface area (Å²) < 4.78 is 6.81. The maximum Gasteiger partial charge on any atom is 0.265 e. The van der Waals surface area contributed by atoms with E-state index in [1.54, 1.807) is 31.4 Å². The van der Waals surface area contributed by atoms with E-state index in [4.69, 9.17) is 4.74 Å². The Morgan fingerprint density at radius 1 is 1.07 bits per heavy atom. The molecular weight excluding hydrogens is 342 g/mol. The Hall–Kier alpha value is -3.15. The minimum absolute atomic E-state index is 0.00677. The summed E-state index contributed by atoms with van der Waals surface area (Å²) in [7, 11) is 1.57. The summed E-state index contributed by atoms with van der Waals surface area (Å²) in [6, 6.07) is 12.4. The van der Waals surface area contributed by atoms with Crippen molar-refractivity contribution < 1.29 is 9.53 Å². The Morgan fingerprint density at radius 3 is 2.63 bits per heavy atom. The number of amides is 1. The van der Waals surface area contributed by atoms with Crippen LogP contribution in [-0.2, 0) is 0 Å². The molecular formula is C21H21N3O3. The quantitative estimate of drug-likeness (QED) is 0.718. The van der Waals surface area contributed by atoms with Crippen molar-refractivity contribution >= 4 is 16.8 Å². The zero-order chi connectivity index (χ0) is 18.8. The van der Waals surface area contributed by atoms with Gasteiger partial charge in [-0.25, -0.2) is 4.98 Å². The van der Waals surface area contributed by atoms with Crippen molar-refractivity contribution in [3.8, 4) is 11.4 Å². The summed E-state index contributed by atoms with van der Waals surface area (Å²) in [5, 5.41) is 0.471. The molecule has 1 aliphatic rings. The first-order chi connectivity index (χ1) is 13.2. The number of methoxy groups -OCH3 is 1. The number of likely N-dealkylation sites (tertiary alicyclic amines) is 1. The van der Waals surface area contributed by atoms with Crippen LogP contribution < -0.4 is 10.3 Å². The van der Waals surface area contributed by atoms with Crippen LogP contribution in [0.5, 0.6) is 5.75 Å². The predicted molar refractivity (Wildman–Crippen MR) is 104 cm³/mol. The number of para-hydroxylation sites is 2. The lowest BCUT2D eigenvalue weighted by molar-refractivity contribution is 0.0724. The number of aromatic nitrogens is 2. The lowest BCUT2D eigenvalue weighted by Gasteiger charge is -2.26. The molecule has 138 valence electrons. The second kappa shape index (κ2) is 7.23. The highest BCUT2D eigenvalue weighted by molar-refractivity contribution is 5.97. The van der Waals surface area contributed by atoms with Crippen LogP contribution in [0.3, 0.4) is 0 Å². The van der Waals surface area contributed by atoms with Gasteiger partial charge in [-0.05, 0) is 49.6 Å². The van der Waals surface area contributed by atoms with E-state index >= 15 is 0 Å². The third-order valence-corrected chi connectivity index (χ3v) is 4.99. The van der Waals surface area contributed by atoms with E-state index in [1.807, 2.05) is 23.1 Å². The average Bonchev–Trinajstić information content (AvgIpc) is 2.74. The third-order valence-electron chi connectivity index (χ3n) is 4.99. The highest BCUT2D eigenvalue weighted by atomic mass is 16.5. The van der Waals surface area contributed by atoms with E-state index in [2.05, 4.69) is 4.98 Å². The molecule has 0 spiro atoms. The minimum Gasteiger partial charge on any atom is -0.495 e. The molecule has 0 radical (unpaired) electrons. The zero-order valence-electron chi connectivity index (χ0n) is 15.2. The van der Waals surface area contributed by atoms with E-state index in [-0.39, 0.29) is 11.5 Å². The standard InChI is InChI=1S/C21H21N3O3/c1-27-19-8-4-3-7-18(19)24-14-22-17-13-15(9-10-16(17)21(24)26)20(25)23-11-5-2-6-12-23/h3-4,7-10,13-14H,2,5-6,11-12H2,1H3. The van der Waals surface area contributed by atoms with Crippen LogP contribution in [-0.4, -0.2) is 40.6 Å². The molecule has 1 amide bonds. The molecule has 1 fully saturated rings. The molecule has 6 heteroatoms. The second-order valence-corrected chi connectivity index (χ2v) is 6.68. The van der Waals surface area contributed by atoms with Gasteiger partial charge in [0.2, 0.25) is 0 Å². The molecule has 1 aromatic heterocycles.